The number of para-hydroxylation sites is 6. The second kappa shape index (κ2) is 15.9. The van der Waals surface area contributed by atoms with Crippen LogP contribution in [0.15, 0.2) is 72.8 Å². The Bertz CT molecular complexity index is 1880. The monoisotopic (exact) mass is 633 g/mol. The summed E-state index contributed by atoms with van der Waals surface area (Å²) in [4.78, 5) is 9.68. The smallest absolute Gasteiger partial charge is 0.460 e. The van der Waals surface area contributed by atoms with Crippen LogP contribution in [-0.2, 0) is 0 Å². The summed E-state index contributed by atoms with van der Waals surface area (Å²) in [5.41, 5.74) is 2.70. The first-order chi connectivity index (χ1) is 21.8. The van der Waals surface area contributed by atoms with Crippen molar-refractivity contribution < 1.29 is 19.3 Å². The van der Waals surface area contributed by atoms with Crippen molar-refractivity contribution in [3.8, 4) is 0 Å². The molecule has 0 saturated heterocycles. The van der Waals surface area contributed by atoms with Crippen LogP contribution >= 0.6 is 11.6 Å². The van der Waals surface area contributed by atoms with E-state index in [2.05, 4.69) is 49.7 Å². The molecule has 0 aliphatic rings. The van der Waals surface area contributed by atoms with Crippen molar-refractivity contribution in [1.82, 2.24) is 25.3 Å². The predicted molar refractivity (Wildman–Crippen MR) is 168 cm³/mol. The molecule has 6 rings (SSSR count). The number of benzene rings is 3. The summed E-state index contributed by atoms with van der Waals surface area (Å²) in [5.74, 6) is 0.439. The third-order valence-electron chi connectivity index (χ3n) is 6.29. The van der Waals surface area contributed by atoms with Crippen molar-refractivity contribution in [2.24, 2.45) is 0 Å². The molecule has 45 heavy (non-hydrogen) atoms. The fourth-order valence-corrected chi connectivity index (χ4v) is 4.16. The van der Waals surface area contributed by atoms with Crippen LogP contribution < -0.4 is 29.9 Å². The molecule has 16 heteroatoms. The maximum atomic E-state index is 11.9. The van der Waals surface area contributed by atoms with Gasteiger partial charge in [0.05, 0.1) is 11.6 Å². The Kier molecular flexibility index (Phi) is 11.4. The lowest BCUT2D eigenvalue weighted by Crippen LogP contribution is -2.44. The van der Waals surface area contributed by atoms with Gasteiger partial charge < -0.3 is 26.1 Å². The highest BCUT2D eigenvalue weighted by atomic mass is 35.5. The van der Waals surface area contributed by atoms with Crippen molar-refractivity contribution in [2.45, 2.75) is 39.5 Å². The zero-order valence-corrected chi connectivity index (χ0v) is 25.5. The molecule has 0 unspecified atom stereocenters. The van der Waals surface area contributed by atoms with Crippen LogP contribution in [0.4, 0.5) is 11.9 Å². The molecule has 15 nitrogen and oxygen atoms in total. The minimum atomic E-state index is -0.0382. The summed E-state index contributed by atoms with van der Waals surface area (Å²) in [6, 6.07) is 20.6. The van der Waals surface area contributed by atoms with Gasteiger partial charge in [0.25, 0.3) is 27.8 Å². The molecular weight excluding hydrogens is 602 g/mol. The van der Waals surface area contributed by atoms with Gasteiger partial charge in [0.1, 0.15) is 11.0 Å². The molecule has 0 aliphatic carbocycles. The Morgan fingerprint density at radius 1 is 0.600 bits per heavy atom. The van der Waals surface area contributed by atoms with Gasteiger partial charge in [-0.1, -0.05) is 63.1 Å². The van der Waals surface area contributed by atoms with Gasteiger partial charge in [-0.25, -0.2) is 14.7 Å². The average Bonchev–Trinajstić information content (AvgIpc) is 3.04. The third-order valence-corrected chi connectivity index (χ3v) is 6.45. The molecule has 234 valence electrons. The van der Waals surface area contributed by atoms with Crippen LogP contribution in [0.3, 0.4) is 0 Å². The molecule has 0 fully saturated rings. The van der Waals surface area contributed by atoms with Crippen molar-refractivity contribution in [1.29, 1.82) is 0 Å². The van der Waals surface area contributed by atoms with E-state index in [-0.39, 0.29) is 16.7 Å². The van der Waals surface area contributed by atoms with E-state index >= 15 is 0 Å². The highest BCUT2D eigenvalue weighted by Gasteiger charge is 2.18. The van der Waals surface area contributed by atoms with Crippen molar-refractivity contribution in [2.75, 3.05) is 23.7 Å². The quantitative estimate of drug-likeness (QED) is 0.142. The van der Waals surface area contributed by atoms with E-state index in [0.717, 1.165) is 32.2 Å². The molecule has 0 spiro atoms. The van der Waals surface area contributed by atoms with Gasteiger partial charge in [-0.05, 0) is 52.3 Å². The van der Waals surface area contributed by atoms with E-state index in [9.17, 15) is 20.8 Å². The Morgan fingerprint density at radius 3 is 1.71 bits per heavy atom. The minimum absolute atomic E-state index is 0.0382. The summed E-state index contributed by atoms with van der Waals surface area (Å²) in [6.07, 6.45) is 4.07. The Morgan fingerprint density at radius 2 is 1.09 bits per heavy atom. The fraction of sp³-hybridized carbons (Fsp3) is 0.276. The number of anilines is 2. The van der Waals surface area contributed by atoms with Crippen molar-refractivity contribution in [3.63, 3.8) is 0 Å². The lowest BCUT2D eigenvalue weighted by Gasteiger charge is -2.09. The number of nitrogens with zero attached hydrogens (tertiary/aromatic N) is 9. The van der Waals surface area contributed by atoms with Gasteiger partial charge in [0.2, 0.25) is 5.10 Å². The molecule has 2 N–H and O–H groups in total. The van der Waals surface area contributed by atoms with Crippen LogP contribution in [0.2, 0.25) is 5.28 Å². The molecule has 0 atom stereocenters. The topological polar surface area (TPSA) is 196 Å². The molecule has 3 aromatic heterocycles. The Labute approximate surface area is 263 Å². The van der Waals surface area contributed by atoms with Crippen LogP contribution in [0, 0.1) is 20.8 Å². The van der Waals surface area contributed by atoms with Crippen LogP contribution in [-0.4, -0.2) is 38.4 Å². The second-order valence-electron chi connectivity index (χ2n) is 9.58. The average molecular weight is 634 g/mol. The van der Waals surface area contributed by atoms with Gasteiger partial charge in [-0.2, -0.15) is 0 Å². The largest absolute Gasteiger partial charge is 0.739 e. The number of aromatic nitrogens is 9. The van der Waals surface area contributed by atoms with Crippen molar-refractivity contribution in [3.05, 3.63) is 98.9 Å². The van der Waals surface area contributed by atoms with E-state index in [1.54, 1.807) is 66.7 Å². The number of nitrogens with one attached hydrogen (secondary N) is 2. The van der Waals surface area contributed by atoms with Gasteiger partial charge in [-0.3, -0.25) is 5.32 Å². The molecule has 0 bridgehead atoms. The Balaban J connectivity index is 0.000000156. The number of halogens is 1. The second-order valence-corrected chi connectivity index (χ2v) is 9.92. The molecular formula is C29H32ClN11O4. The molecule has 3 heterocycles. The normalized spacial score (nSPS) is 10.6. The first-order valence-electron chi connectivity index (χ1n) is 14.3. The van der Waals surface area contributed by atoms with Gasteiger partial charge in [0, 0.05) is 34.7 Å². The summed E-state index contributed by atoms with van der Waals surface area (Å²) in [7, 11) is 0. The lowest BCUT2D eigenvalue weighted by atomic mass is 10.3. The number of hydrogen-bond acceptors (Lipinski definition) is 11. The fourth-order valence-electron chi connectivity index (χ4n) is 4.00. The highest BCUT2D eigenvalue weighted by molar-refractivity contribution is 6.28. The van der Waals surface area contributed by atoms with Crippen molar-refractivity contribution >= 4 is 56.6 Å². The molecule has 0 aliphatic heterocycles. The summed E-state index contributed by atoms with van der Waals surface area (Å²) in [6.45, 7) is 5.57. The maximum Gasteiger partial charge on any atom is 0.460 e. The van der Waals surface area contributed by atoms with Crippen LogP contribution in [0.25, 0.3) is 33.1 Å². The minimum Gasteiger partial charge on any atom is -0.739 e. The lowest BCUT2D eigenvalue weighted by molar-refractivity contribution is -0.672. The molecule has 3 aromatic carbocycles. The standard InChI is InChI=1S/C11H14N4O2.C11H14N4O.C7H4ClN3O/c1-2-3-8-12-11-13-15(17)10-7-5-4-6-9(10)14(11)16;1-2-3-8-12-11-13-9-6-4-5-7-10(9)15(16)14-11;8-7-9-5-3-1-2-4-6(5)11(12)10-7/h4-7H,2-3,8H2,1H3,(H,12,13);4-7H,2-3,8H2,1H3,(H,12,13,14);1-4H. The predicted octanol–water partition coefficient (Wildman–Crippen LogP) is 3.11. The molecule has 0 radical (unpaired) electrons. The molecule has 0 amide bonds. The number of unbranched alkanes of at least 4 members (excludes halogenated alkanes) is 2. The first kappa shape index (κ1) is 32.5. The zero-order valence-electron chi connectivity index (χ0n) is 24.7. The van der Waals surface area contributed by atoms with Gasteiger partial charge in [0.15, 0.2) is 5.52 Å². The van der Waals surface area contributed by atoms with Crippen LogP contribution in [0.1, 0.15) is 39.5 Å². The number of rotatable bonds is 8. The molecule has 6 aromatic rings. The van der Waals surface area contributed by atoms with Gasteiger partial charge >= 0.3 is 5.95 Å². The highest BCUT2D eigenvalue weighted by Crippen LogP contribution is 2.09. The van der Waals surface area contributed by atoms with E-state index in [0.29, 0.717) is 59.3 Å². The SMILES string of the molecule is CCCCNc1n[n+]([O-])c2ccccc2[n+]1[O-].CCCCNc1nc2ccccc2[n+]([O-])n1.[O-][n+]1nc(Cl)nc2ccccc21. The summed E-state index contributed by atoms with van der Waals surface area (Å²) < 4.78 is 0.652. The number of hydrogen-bond donors (Lipinski definition) is 2. The van der Waals surface area contributed by atoms with E-state index in [4.69, 9.17) is 11.6 Å². The maximum absolute atomic E-state index is 11.9. The molecule has 0 saturated carbocycles. The third kappa shape index (κ3) is 8.57. The van der Waals surface area contributed by atoms with E-state index in [1.807, 2.05) is 6.07 Å². The zero-order chi connectivity index (χ0) is 32.2. The summed E-state index contributed by atoms with van der Waals surface area (Å²) in [5, 5.41) is 62.9. The summed E-state index contributed by atoms with van der Waals surface area (Å²) >= 11 is 5.48. The number of fused-ring (bicyclic) bond motifs is 3. The van der Waals surface area contributed by atoms with Crippen LogP contribution in [0.5, 0.6) is 0 Å². The van der Waals surface area contributed by atoms with E-state index in [1.165, 1.54) is 0 Å². The first-order valence-corrected chi connectivity index (χ1v) is 14.7. The van der Waals surface area contributed by atoms with E-state index < -0.39 is 0 Å². The Hall–Kier alpha value is -5.44. The van der Waals surface area contributed by atoms with Gasteiger partial charge in [-0.15, -0.1) is 0 Å².